The van der Waals surface area contributed by atoms with Crippen molar-refractivity contribution < 1.29 is 31.0 Å². The first-order valence-electron chi connectivity index (χ1n) is 14.0. The minimum absolute atomic E-state index is 0.0273. The van der Waals surface area contributed by atoms with Crippen molar-refractivity contribution in [2.45, 2.75) is 124 Å². The van der Waals surface area contributed by atoms with Gasteiger partial charge in [0.2, 0.25) is 25.8 Å². The number of aromatic nitrogens is 2. The molecule has 0 radical (unpaired) electrons. The molecule has 0 N–H and O–H groups in total. The van der Waals surface area contributed by atoms with Gasteiger partial charge in [0.05, 0.1) is 17.6 Å². The van der Waals surface area contributed by atoms with Gasteiger partial charge in [-0.1, -0.05) is 0 Å². The van der Waals surface area contributed by atoms with E-state index in [9.17, 15) is 16.8 Å². The van der Waals surface area contributed by atoms with Crippen LogP contribution < -0.4 is 14.2 Å². The first-order chi connectivity index (χ1) is 18.3. The molecule has 4 aliphatic heterocycles. The normalized spacial score (nSPS) is 35.8. The van der Waals surface area contributed by atoms with Crippen LogP contribution in [0.2, 0.25) is 0 Å². The summed E-state index contributed by atoms with van der Waals surface area (Å²) in [5.41, 5.74) is 0. The van der Waals surface area contributed by atoms with Gasteiger partial charge in [0.25, 0.3) is 11.8 Å². The molecular formula is C25H36N4O7S2. The number of ether oxygens (including phenoxy) is 3. The van der Waals surface area contributed by atoms with Crippen molar-refractivity contribution >= 4 is 20.0 Å². The zero-order valence-electron chi connectivity index (χ0n) is 21.6. The largest absolute Gasteiger partial charge is 0.487 e. The summed E-state index contributed by atoms with van der Waals surface area (Å²) >= 11 is 0. The van der Waals surface area contributed by atoms with E-state index in [2.05, 4.69) is 9.97 Å². The fourth-order valence-corrected chi connectivity index (χ4v) is 11.8. The van der Waals surface area contributed by atoms with Gasteiger partial charge in [0.1, 0.15) is 18.5 Å². The maximum atomic E-state index is 13.0. The fraction of sp³-hybridized carbons (Fsp3) is 0.840. The molecule has 38 heavy (non-hydrogen) atoms. The highest BCUT2D eigenvalue weighted by molar-refractivity contribution is 7.90. The van der Waals surface area contributed by atoms with Gasteiger partial charge in [-0.15, -0.1) is 0 Å². The van der Waals surface area contributed by atoms with Gasteiger partial charge in [-0.05, 0) is 51.4 Å². The van der Waals surface area contributed by atoms with Crippen LogP contribution in [0.5, 0.6) is 17.5 Å². The van der Waals surface area contributed by atoms with E-state index in [-0.39, 0.29) is 46.9 Å². The van der Waals surface area contributed by atoms with Crippen LogP contribution in [0.1, 0.15) is 77.0 Å². The van der Waals surface area contributed by atoms with Crippen LogP contribution in [0.25, 0.3) is 0 Å². The summed E-state index contributed by atoms with van der Waals surface area (Å²) < 4.78 is 73.7. The van der Waals surface area contributed by atoms with Crippen molar-refractivity contribution in [2.24, 2.45) is 0 Å². The Hall–Kier alpha value is -1.70. The third kappa shape index (κ3) is 4.28. The van der Waals surface area contributed by atoms with Crippen molar-refractivity contribution in [3.8, 4) is 17.5 Å². The van der Waals surface area contributed by atoms with Crippen molar-refractivity contribution in [1.82, 2.24) is 18.6 Å². The Bertz CT molecular complexity index is 1180. The molecule has 4 bridgehead atoms. The van der Waals surface area contributed by atoms with Gasteiger partial charge in [-0.25, -0.2) is 16.8 Å². The van der Waals surface area contributed by atoms with Crippen LogP contribution in [0.15, 0.2) is 6.33 Å². The van der Waals surface area contributed by atoms with E-state index in [1.807, 2.05) is 0 Å². The van der Waals surface area contributed by atoms with Crippen LogP contribution >= 0.6 is 0 Å². The second kappa shape index (κ2) is 9.17. The van der Waals surface area contributed by atoms with Gasteiger partial charge in [0, 0.05) is 49.9 Å². The highest BCUT2D eigenvalue weighted by atomic mass is 32.2. The number of sulfonamides is 2. The number of nitrogens with zero attached hydrogens (tertiary/aromatic N) is 4. The first kappa shape index (κ1) is 25.3. The standard InChI is InChI=1S/C25H36N4O7S2/c1-34-23-24(35-19-10-15-2-3-16(11-19)28(15)37(30,31)21-6-7-21)26-14-27-25(23)36-20-12-17-4-5-18(13-20)29(17)38(32,33)22-8-9-22/h14-22H,2-13H2,1H3. The molecule has 11 nitrogen and oxygen atoms in total. The number of rotatable bonds is 9. The molecule has 7 rings (SSSR count). The van der Waals surface area contributed by atoms with Crippen molar-refractivity contribution in [1.29, 1.82) is 0 Å². The smallest absolute Gasteiger partial charge is 0.264 e. The highest BCUT2D eigenvalue weighted by Crippen LogP contribution is 2.46. The van der Waals surface area contributed by atoms with Gasteiger partial charge in [0.15, 0.2) is 0 Å². The summed E-state index contributed by atoms with van der Waals surface area (Å²) in [5.74, 6) is 0.933. The molecule has 4 atom stereocenters. The molecule has 1 aromatic rings. The SMILES string of the molecule is COc1c(OC2CC3CCC(C2)N3S(=O)(=O)C2CC2)ncnc1OC1CC2CCC(C1)N2S(=O)(=O)C1CC1. The summed E-state index contributed by atoms with van der Waals surface area (Å²) in [5, 5.41) is -0.388. The summed E-state index contributed by atoms with van der Waals surface area (Å²) in [6.45, 7) is 0. The minimum Gasteiger partial charge on any atom is -0.487 e. The van der Waals surface area contributed by atoms with E-state index >= 15 is 0 Å². The Morgan fingerprint density at radius 2 is 1.03 bits per heavy atom. The third-order valence-corrected chi connectivity index (χ3v) is 14.2. The number of methoxy groups -OCH3 is 1. The van der Waals surface area contributed by atoms with Crippen LogP contribution in [-0.2, 0) is 20.0 Å². The molecule has 6 fully saturated rings. The average molecular weight is 569 g/mol. The Morgan fingerprint density at radius 3 is 1.34 bits per heavy atom. The summed E-state index contributed by atoms with van der Waals surface area (Å²) in [4.78, 5) is 8.66. The van der Waals surface area contributed by atoms with E-state index in [1.165, 1.54) is 13.4 Å². The van der Waals surface area contributed by atoms with Crippen LogP contribution in [0.4, 0.5) is 0 Å². The fourth-order valence-electron chi connectivity index (χ4n) is 7.27. The maximum absolute atomic E-state index is 13.0. The van der Waals surface area contributed by atoms with Crippen molar-refractivity contribution in [3.63, 3.8) is 0 Å². The molecule has 2 aliphatic carbocycles. The quantitative estimate of drug-likeness (QED) is 0.440. The molecule has 0 amide bonds. The van der Waals surface area contributed by atoms with Crippen molar-refractivity contribution in [2.75, 3.05) is 7.11 Å². The van der Waals surface area contributed by atoms with E-state index in [0.717, 1.165) is 51.4 Å². The molecule has 0 aromatic carbocycles. The summed E-state index contributed by atoms with van der Waals surface area (Å²) in [7, 11) is -4.89. The predicted molar refractivity (Wildman–Crippen MR) is 137 cm³/mol. The molecule has 0 spiro atoms. The molecule has 1 aromatic heterocycles. The molecule has 6 aliphatic rings. The molecule has 210 valence electrons. The van der Waals surface area contributed by atoms with Crippen LogP contribution in [0, 0.1) is 0 Å². The lowest BCUT2D eigenvalue weighted by atomic mass is 10.0. The zero-order valence-corrected chi connectivity index (χ0v) is 23.3. The second-order valence-corrected chi connectivity index (χ2v) is 16.1. The summed E-state index contributed by atoms with van der Waals surface area (Å²) in [6.07, 6.45) is 10.1. The molecule has 5 heterocycles. The van der Waals surface area contributed by atoms with E-state index < -0.39 is 20.0 Å². The van der Waals surface area contributed by atoms with Gasteiger partial charge >= 0.3 is 0 Å². The molecule has 4 saturated heterocycles. The Morgan fingerprint density at radius 1 is 0.658 bits per heavy atom. The van der Waals surface area contributed by atoms with Gasteiger partial charge in [-0.3, -0.25) is 0 Å². The number of hydrogen-bond donors (Lipinski definition) is 0. The van der Waals surface area contributed by atoms with Gasteiger partial charge < -0.3 is 14.2 Å². The molecule has 13 heteroatoms. The van der Waals surface area contributed by atoms with E-state index in [4.69, 9.17) is 14.2 Å². The lowest BCUT2D eigenvalue weighted by Gasteiger charge is -2.38. The first-order valence-corrected chi connectivity index (χ1v) is 17.0. The number of hydrogen-bond acceptors (Lipinski definition) is 9. The van der Waals surface area contributed by atoms with Crippen LogP contribution in [0.3, 0.4) is 0 Å². The highest BCUT2D eigenvalue weighted by Gasteiger charge is 2.53. The summed E-state index contributed by atoms with van der Waals surface area (Å²) in [6, 6.07) is -0.109. The minimum atomic E-state index is -3.21. The van der Waals surface area contributed by atoms with Crippen LogP contribution in [-0.4, -0.2) is 89.4 Å². The maximum Gasteiger partial charge on any atom is 0.264 e. The van der Waals surface area contributed by atoms with E-state index in [0.29, 0.717) is 43.2 Å². The Balaban J connectivity index is 1.03. The molecule has 4 unspecified atom stereocenters. The second-order valence-electron chi connectivity index (χ2n) is 11.9. The van der Waals surface area contributed by atoms with Crippen molar-refractivity contribution in [3.05, 3.63) is 6.33 Å². The number of fused-ring (bicyclic) bond motifs is 4. The lowest BCUT2D eigenvalue weighted by Crippen LogP contribution is -2.50. The predicted octanol–water partition coefficient (Wildman–Crippen LogP) is 2.22. The molecular weight excluding hydrogens is 532 g/mol. The Labute approximate surface area is 224 Å². The average Bonchev–Trinajstić information content (AvgIpc) is 3.79. The van der Waals surface area contributed by atoms with Gasteiger partial charge in [-0.2, -0.15) is 18.6 Å². The topological polar surface area (TPSA) is 128 Å². The third-order valence-electron chi connectivity index (χ3n) is 9.22. The molecule has 2 saturated carbocycles. The Kier molecular flexibility index (Phi) is 6.10. The van der Waals surface area contributed by atoms with E-state index in [1.54, 1.807) is 8.61 Å². The number of piperidine rings is 2. The zero-order chi connectivity index (χ0) is 26.2. The monoisotopic (exact) mass is 568 g/mol. The lowest BCUT2D eigenvalue weighted by molar-refractivity contribution is 0.0790.